The van der Waals surface area contributed by atoms with E-state index in [0.717, 1.165) is 18.9 Å². The lowest BCUT2D eigenvalue weighted by Crippen LogP contribution is -2.18. The molecule has 1 aliphatic rings. The van der Waals surface area contributed by atoms with Gasteiger partial charge in [-0.2, -0.15) is 8.75 Å². The fourth-order valence-electron chi connectivity index (χ4n) is 1.29. The molecule has 0 radical (unpaired) electrons. The molecule has 0 unspecified atom stereocenters. The third kappa shape index (κ3) is 1.32. The van der Waals surface area contributed by atoms with Crippen molar-refractivity contribution >= 4 is 29.1 Å². The van der Waals surface area contributed by atoms with Gasteiger partial charge in [0.15, 0.2) is 11.0 Å². The van der Waals surface area contributed by atoms with Gasteiger partial charge >= 0.3 is 0 Å². The Balaban J connectivity index is 2.21. The van der Waals surface area contributed by atoms with Gasteiger partial charge in [0.2, 0.25) is 0 Å². The molecule has 1 fully saturated rings. The van der Waals surface area contributed by atoms with Crippen LogP contribution in [0.25, 0.3) is 0 Å². The highest BCUT2D eigenvalue weighted by atomic mass is 35.5. The van der Waals surface area contributed by atoms with Crippen LogP contribution in [0.5, 0.6) is 0 Å². The zero-order valence-corrected chi connectivity index (χ0v) is 7.53. The third-order valence-corrected chi connectivity index (χ3v) is 2.71. The Labute approximate surface area is 74.3 Å². The smallest absolute Gasteiger partial charge is 0.187 e. The van der Waals surface area contributed by atoms with E-state index in [4.69, 9.17) is 11.6 Å². The van der Waals surface area contributed by atoms with Crippen molar-refractivity contribution in [3.8, 4) is 0 Å². The SMILES string of the molecule is Clc1nsnc1N1CCCC1. The summed E-state index contributed by atoms with van der Waals surface area (Å²) in [5.74, 6) is 0.870. The lowest BCUT2D eigenvalue weighted by molar-refractivity contribution is 0.949. The topological polar surface area (TPSA) is 29.0 Å². The quantitative estimate of drug-likeness (QED) is 0.675. The number of anilines is 1. The van der Waals surface area contributed by atoms with Gasteiger partial charge < -0.3 is 4.90 Å². The fraction of sp³-hybridized carbons (Fsp3) is 0.667. The standard InChI is InChI=1S/C6H8ClN3S/c7-5-6(9-11-8-5)10-3-1-2-4-10/h1-4H2. The first-order valence-electron chi connectivity index (χ1n) is 3.61. The van der Waals surface area contributed by atoms with Gasteiger partial charge in [-0.05, 0) is 12.8 Å². The minimum atomic E-state index is 0.553. The Hall–Kier alpha value is -0.350. The Morgan fingerprint density at radius 1 is 1.27 bits per heavy atom. The highest BCUT2D eigenvalue weighted by Crippen LogP contribution is 2.25. The van der Waals surface area contributed by atoms with E-state index in [-0.39, 0.29) is 0 Å². The van der Waals surface area contributed by atoms with Crippen LogP contribution in [0.1, 0.15) is 12.8 Å². The number of hydrogen-bond acceptors (Lipinski definition) is 4. The average molecular weight is 190 g/mol. The lowest BCUT2D eigenvalue weighted by atomic mass is 10.4. The second-order valence-corrected chi connectivity index (χ2v) is 3.46. The van der Waals surface area contributed by atoms with E-state index in [2.05, 4.69) is 13.6 Å². The summed E-state index contributed by atoms with van der Waals surface area (Å²) in [6.07, 6.45) is 2.49. The van der Waals surface area contributed by atoms with Gasteiger partial charge in [0.25, 0.3) is 0 Å². The molecule has 1 aliphatic heterocycles. The average Bonchev–Trinajstić information content (AvgIpc) is 2.55. The Morgan fingerprint density at radius 3 is 2.55 bits per heavy atom. The van der Waals surface area contributed by atoms with E-state index < -0.39 is 0 Å². The summed E-state index contributed by atoms with van der Waals surface area (Å²) in [7, 11) is 0. The van der Waals surface area contributed by atoms with Gasteiger partial charge in [0.1, 0.15) is 0 Å². The van der Waals surface area contributed by atoms with E-state index in [1.807, 2.05) is 0 Å². The minimum Gasteiger partial charge on any atom is -0.353 e. The number of hydrogen-bond donors (Lipinski definition) is 0. The van der Waals surface area contributed by atoms with E-state index in [1.165, 1.54) is 24.6 Å². The summed E-state index contributed by atoms with van der Waals surface area (Å²) in [6.45, 7) is 2.15. The highest BCUT2D eigenvalue weighted by molar-refractivity contribution is 6.99. The van der Waals surface area contributed by atoms with Crippen molar-refractivity contribution in [3.63, 3.8) is 0 Å². The summed E-state index contributed by atoms with van der Waals surface area (Å²) in [5, 5.41) is 0.553. The molecule has 3 nitrogen and oxygen atoms in total. The van der Waals surface area contributed by atoms with Crippen LogP contribution in [0.3, 0.4) is 0 Å². The molecular weight excluding hydrogens is 182 g/mol. The van der Waals surface area contributed by atoms with Gasteiger partial charge in [-0.3, -0.25) is 0 Å². The highest BCUT2D eigenvalue weighted by Gasteiger charge is 2.17. The second kappa shape index (κ2) is 2.95. The van der Waals surface area contributed by atoms with Crippen LogP contribution in [0.2, 0.25) is 5.15 Å². The molecule has 60 valence electrons. The molecule has 2 heterocycles. The zero-order valence-electron chi connectivity index (χ0n) is 5.96. The first-order valence-corrected chi connectivity index (χ1v) is 4.72. The fourth-order valence-corrected chi connectivity index (χ4v) is 2.07. The van der Waals surface area contributed by atoms with Crippen molar-refractivity contribution < 1.29 is 0 Å². The third-order valence-electron chi connectivity index (χ3n) is 1.84. The summed E-state index contributed by atoms with van der Waals surface area (Å²) >= 11 is 6.99. The predicted octanol–water partition coefficient (Wildman–Crippen LogP) is 1.79. The Morgan fingerprint density at radius 2 is 2.00 bits per heavy atom. The van der Waals surface area contributed by atoms with Gasteiger partial charge in [0.05, 0.1) is 11.7 Å². The van der Waals surface area contributed by atoms with Gasteiger partial charge in [-0.15, -0.1) is 0 Å². The molecule has 0 aliphatic carbocycles. The Kier molecular flexibility index (Phi) is 1.96. The van der Waals surface area contributed by atoms with Crippen molar-refractivity contribution in [2.24, 2.45) is 0 Å². The van der Waals surface area contributed by atoms with E-state index in [0.29, 0.717) is 5.15 Å². The van der Waals surface area contributed by atoms with Crippen LogP contribution in [-0.2, 0) is 0 Å². The van der Waals surface area contributed by atoms with E-state index in [1.54, 1.807) is 0 Å². The first-order chi connectivity index (χ1) is 5.38. The van der Waals surface area contributed by atoms with Gasteiger partial charge in [-0.1, -0.05) is 11.6 Å². The van der Waals surface area contributed by atoms with Crippen LogP contribution >= 0.6 is 23.3 Å². The van der Waals surface area contributed by atoms with E-state index in [9.17, 15) is 0 Å². The molecule has 0 aromatic carbocycles. The molecule has 0 N–H and O–H groups in total. The van der Waals surface area contributed by atoms with Crippen LogP contribution in [0.15, 0.2) is 0 Å². The van der Waals surface area contributed by atoms with E-state index >= 15 is 0 Å². The predicted molar refractivity (Wildman–Crippen MR) is 46.4 cm³/mol. The van der Waals surface area contributed by atoms with Crippen LogP contribution in [0, 0.1) is 0 Å². The molecule has 1 saturated heterocycles. The number of rotatable bonds is 1. The van der Waals surface area contributed by atoms with Crippen molar-refractivity contribution in [2.75, 3.05) is 18.0 Å². The molecule has 0 bridgehead atoms. The molecule has 5 heteroatoms. The van der Waals surface area contributed by atoms with Crippen molar-refractivity contribution in [1.82, 2.24) is 8.75 Å². The van der Waals surface area contributed by atoms with Crippen molar-refractivity contribution in [1.29, 1.82) is 0 Å². The van der Waals surface area contributed by atoms with Gasteiger partial charge in [0, 0.05) is 13.1 Å². The van der Waals surface area contributed by atoms with Crippen LogP contribution in [0.4, 0.5) is 5.82 Å². The summed E-state index contributed by atoms with van der Waals surface area (Å²) in [4.78, 5) is 2.19. The summed E-state index contributed by atoms with van der Waals surface area (Å²) in [5.41, 5.74) is 0. The van der Waals surface area contributed by atoms with Crippen molar-refractivity contribution in [2.45, 2.75) is 12.8 Å². The first kappa shape index (κ1) is 7.31. The van der Waals surface area contributed by atoms with Crippen LogP contribution < -0.4 is 4.90 Å². The largest absolute Gasteiger partial charge is 0.353 e. The lowest BCUT2D eigenvalue weighted by Gasteiger charge is -2.12. The number of aromatic nitrogens is 2. The molecule has 0 saturated carbocycles. The molecule has 11 heavy (non-hydrogen) atoms. The molecule has 0 atom stereocenters. The molecule has 1 aromatic rings. The minimum absolute atomic E-state index is 0.553. The number of halogens is 1. The molecule has 0 spiro atoms. The second-order valence-electron chi connectivity index (χ2n) is 2.57. The normalized spacial score (nSPS) is 17.7. The zero-order chi connectivity index (χ0) is 7.68. The van der Waals surface area contributed by atoms with Crippen molar-refractivity contribution in [3.05, 3.63) is 5.15 Å². The van der Waals surface area contributed by atoms with Crippen LogP contribution in [-0.4, -0.2) is 21.8 Å². The van der Waals surface area contributed by atoms with Gasteiger partial charge in [-0.25, -0.2) is 0 Å². The molecule has 1 aromatic heterocycles. The molecule has 2 rings (SSSR count). The summed E-state index contributed by atoms with van der Waals surface area (Å²) < 4.78 is 8.04. The number of nitrogens with zero attached hydrogens (tertiary/aromatic N) is 3. The maximum absolute atomic E-state index is 5.81. The maximum atomic E-state index is 5.81. The molecular formula is C6H8ClN3S. The monoisotopic (exact) mass is 189 g/mol. The maximum Gasteiger partial charge on any atom is 0.187 e. The summed E-state index contributed by atoms with van der Waals surface area (Å²) in [6, 6.07) is 0. The Bertz CT molecular complexity index is 244. The molecule has 0 amide bonds.